The summed E-state index contributed by atoms with van der Waals surface area (Å²) >= 11 is 1.53. The van der Waals surface area contributed by atoms with E-state index in [1.54, 1.807) is 0 Å². The van der Waals surface area contributed by atoms with Gasteiger partial charge < -0.3 is 9.42 Å². The minimum Gasteiger partial charge on any atom is -0.342 e. The lowest BCUT2D eigenvalue weighted by molar-refractivity contribution is 0.157. The third-order valence-corrected chi connectivity index (χ3v) is 4.16. The molecule has 0 amide bonds. The van der Waals surface area contributed by atoms with Crippen molar-refractivity contribution in [3.63, 3.8) is 0 Å². The first-order valence-corrected chi connectivity index (χ1v) is 5.52. The Morgan fingerprint density at radius 2 is 2.00 bits per heavy atom. The molecule has 0 bridgehead atoms. The molecule has 0 aliphatic carbocycles. The summed E-state index contributed by atoms with van der Waals surface area (Å²) in [6.45, 7) is 6.31. The van der Waals surface area contributed by atoms with Crippen LogP contribution in [0.4, 0.5) is 0 Å². The highest BCUT2D eigenvalue weighted by molar-refractivity contribution is 8.55. The Balaban J connectivity index is 2.32. The molecule has 0 aromatic carbocycles. The van der Waals surface area contributed by atoms with Gasteiger partial charge in [0.25, 0.3) is 0 Å². The van der Waals surface area contributed by atoms with Crippen LogP contribution in [0.2, 0.25) is 0 Å². The zero-order valence-electron chi connectivity index (χ0n) is 5.79. The summed E-state index contributed by atoms with van der Waals surface area (Å²) in [5, 5.41) is 0. The molecule has 9 heavy (non-hydrogen) atoms. The highest BCUT2D eigenvalue weighted by atomic mass is 32.7. The average molecular weight is 166 g/mol. The summed E-state index contributed by atoms with van der Waals surface area (Å²) in [5.41, 5.74) is 0.375. The number of hydrogen-bond acceptors (Lipinski definition) is 3. The van der Waals surface area contributed by atoms with Crippen LogP contribution in [-0.2, 0) is 4.52 Å². The minimum absolute atomic E-state index is 0.173. The van der Waals surface area contributed by atoms with E-state index in [0.717, 1.165) is 0 Å². The normalized spacial score (nSPS) is 36.0. The van der Waals surface area contributed by atoms with E-state index in [4.69, 9.17) is 9.42 Å². The maximum absolute atomic E-state index is 8.79. The number of hydrogen-bond donors (Lipinski definition) is 1. The van der Waals surface area contributed by atoms with E-state index in [1.165, 1.54) is 11.4 Å². The summed E-state index contributed by atoms with van der Waals surface area (Å²) in [7, 11) is -1.10. The molecule has 1 aliphatic heterocycles. The lowest BCUT2D eigenvalue weighted by Crippen LogP contribution is -2.28. The second-order valence-electron chi connectivity index (χ2n) is 3.15. The largest absolute Gasteiger partial charge is 0.342 e. The second kappa shape index (κ2) is 2.39. The van der Waals surface area contributed by atoms with E-state index >= 15 is 0 Å². The predicted octanol–water partition coefficient (Wildman–Crippen LogP) is 2.34. The van der Waals surface area contributed by atoms with Crippen LogP contribution in [0.15, 0.2) is 0 Å². The lowest BCUT2D eigenvalue weighted by atomic mass is 9.98. The average Bonchev–Trinajstić information content (AvgIpc) is 1.55. The molecule has 2 atom stereocenters. The highest BCUT2D eigenvalue weighted by Gasteiger charge is 2.39. The molecule has 0 aromatic heterocycles. The molecule has 0 aromatic rings. The first kappa shape index (κ1) is 7.80. The predicted molar refractivity (Wildman–Crippen MR) is 41.1 cm³/mol. The Hall–Kier alpha value is 0.700. The van der Waals surface area contributed by atoms with Crippen LogP contribution in [-0.4, -0.2) is 10.3 Å². The van der Waals surface area contributed by atoms with Gasteiger partial charge in [-0.2, -0.15) is 0 Å². The zero-order chi connectivity index (χ0) is 7.07. The smallest absolute Gasteiger partial charge is 0.239 e. The maximum atomic E-state index is 8.79. The van der Waals surface area contributed by atoms with Gasteiger partial charge in [0.1, 0.15) is 5.44 Å². The molecular weight excluding hydrogens is 155 g/mol. The van der Waals surface area contributed by atoms with Crippen LogP contribution in [0.25, 0.3) is 0 Å². The Labute approximate surface area is 60.6 Å². The first-order chi connectivity index (χ1) is 4.00. The van der Waals surface area contributed by atoms with Crippen LogP contribution in [0.1, 0.15) is 20.8 Å². The van der Waals surface area contributed by atoms with Gasteiger partial charge in [-0.1, -0.05) is 20.8 Å². The molecular formula is C5H11O2PS. The van der Waals surface area contributed by atoms with E-state index in [0.29, 0.717) is 0 Å². The Bertz CT molecular complexity index is 106. The van der Waals surface area contributed by atoms with Gasteiger partial charge in [-0.05, 0) is 16.8 Å². The van der Waals surface area contributed by atoms with E-state index in [1.807, 2.05) is 0 Å². The van der Waals surface area contributed by atoms with Crippen molar-refractivity contribution >= 4 is 19.0 Å². The van der Waals surface area contributed by atoms with Crippen LogP contribution >= 0.6 is 19.0 Å². The molecule has 2 nitrogen and oxygen atoms in total. The van der Waals surface area contributed by atoms with Gasteiger partial charge in [0.2, 0.25) is 7.58 Å². The van der Waals surface area contributed by atoms with Gasteiger partial charge in [0.05, 0.1) is 0 Å². The molecule has 54 valence electrons. The van der Waals surface area contributed by atoms with Crippen LogP contribution in [0.3, 0.4) is 0 Å². The Kier molecular flexibility index (Phi) is 2.07. The van der Waals surface area contributed by atoms with E-state index < -0.39 is 7.58 Å². The molecule has 1 aliphatic rings. The first-order valence-electron chi connectivity index (χ1n) is 2.83. The van der Waals surface area contributed by atoms with Crippen LogP contribution < -0.4 is 0 Å². The fourth-order valence-electron chi connectivity index (χ4n) is 0.488. The summed E-state index contributed by atoms with van der Waals surface area (Å²) in [4.78, 5) is 8.79. The van der Waals surface area contributed by atoms with Crippen molar-refractivity contribution in [3.05, 3.63) is 0 Å². The van der Waals surface area contributed by atoms with Crippen molar-refractivity contribution in [3.8, 4) is 0 Å². The van der Waals surface area contributed by atoms with Crippen molar-refractivity contribution < 1.29 is 9.42 Å². The lowest BCUT2D eigenvalue weighted by Gasteiger charge is -2.38. The molecule has 4 heteroatoms. The summed E-state index contributed by atoms with van der Waals surface area (Å²) < 4.78 is 5.09. The van der Waals surface area contributed by atoms with Crippen molar-refractivity contribution in [1.82, 2.24) is 0 Å². The molecule has 0 spiro atoms. The second-order valence-corrected chi connectivity index (χ2v) is 6.04. The fourth-order valence-corrected chi connectivity index (χ4v) is 3.30. The zero-order valence-corrected chi connectivity index (χ0v) is 7.50. The third-order valence-electron chi connectivity index (χ3n) is 1.08. The van der Waals surface area contributed by atoms with Gasteiger partial charge in [-0.3, -0.25) is 0 Å². The fraction of sp³-hybridized carbons (Fsp3) is 1.00. The van der Waals surface area contributed by atoms with Gasteiger partial charge in [0.15, 0.2) is 0 Å². The topological polar surface area (TPSA) is 29.5 Å². The van der Waals surface area contributed by atoms with E-state index in [-0.39, 0.29) is 10.9 Å². The van der Waals surface area contributed by atoms with Crippen molar-refractivity contribution in [1.29, 1.82) is 0 Å². The minimum atomic E-state index is -1.10. The summed E-state index contributed by atoms with van der Waals surface area (Å²) in [5.74, 6) is 0. The molecule has 0 saturated carbocycles. The summed E-state index contributed by atoms with van der Waals surface area (Å²) in [6.07, 6.45) is 0. The Morgan fingerprint density at radius 3 is 2.11 bits per heavy atom. The van der Waals surface area contributed by atoms with Crippen LogP contribution in [0.5, 0.6) is 0 Å². The Morgan fingerprint density at radius 1 is 1.56 bits per heavy atom. The molecule has 1 fully saturated rings. The van der Waals surface area contributed by atoms with Crippen molar-refractivity contribution in [2.45, 2.75) is 26.2 Å². The van der Waals surface area contributed by atoms with Gasteiger partial charge in [-0.25, -0.2) is 0 Å². The van der Waals surface area contributed by atoms with E-state index in [9.17, 15) is 0 Å². The third kappa shape index (κ3) is 1.81. The highest BCUT2D eigenvalue weighted by Crippen LogP contribution is 2.65. The van der Waals surface area contributed by atoms with Crippen LogP contribution in [0, 0.1) is 5.41 Å². The SMILES string of the molecule is CC(C)(C)C1OP(O)S1. The van der Waals surface area contributed by atoms with Gasteiger partial charge in [-0.15, -0.1) is 0 Å². The molecule has 1 rings (SSSR count). The summed E-state index contributed by atoms with van der Waals surface area (Å²) in [6, 6.07) is 0. The molecule has 0 radical (unpaired) electrons. The molecule has 1 saturated heterocycles. The molecule has 1 heterocycles. The number of rotatable bonds is 0. The molecule has 1 N–H and O–H groups in total. The van der Waals surface area contributed by atoms with Crippen molar-refractivity contribution in [2.75, 3.05) is 0 Å². The molecule has 2 unspecified atom stereocenters. The quantitative estimate of drug-likeness (QED) is 0.560. The van der Waals surface area contributed by atoms with Gasteiger partial charge >= 0.3 is 0 Å². The maximum Gasteiger partial charge on any atom is 0.239 e. The standard InChI is InChI=1S/C5H11O2PS/c1-5(2,3)4-7-8(6)9-4/h4,6H,1-3H3. The monoisotopic (exact) mass is 166 g/mol. The van der Waals surface area contributed by atoms with E-state index in [2.05, 4.69) is 20.8 Å². The van der Waals surface area contributed by atoms with Gasteiger partial charge in [0, 0.05) is 0 Å². The van der Waals surface area contributed by atoms with Crippen molar-refractivity contribution in [2.24, 2.45) is 5.41 Å².